The second kappa shape index (κ2) is 6.63. The van der Waals surface area contributed by atoms with Gasteiger partial charge in [-0.05, 0) is 35.4 Å². The maximum absolute atomic E-state index is 12.5. The lowest BCUT2D eigenvalue weighted by Gasteiger charge is -1.91. The number of hydrogen-bond acceptors (Lipinski definition) is 4. The van der Waals surface area contributed by atoms with Gasteiger partial charge in [0.15, 0.2) is 5.82 Å². The molecule has 0 aliphatic rings. The van der Waals surface area contributed by atoms with Gasteiger partial charge in [-0.1, -0.05) is 71.5 Å². The van der Waals surface area contributed by atoms with Gasteiger partial charge in [0.05, 0.1) is 4.53 Å². The summed E-state index contributed by atoms with van der Waals surface area (Å²) in [4.78, 5) is 17.5. The van der Waals surface area contributed by atoms with Crippen molar-refractivity contribution in [2.45, 2.75) is 0 Å². The van der Waals surface area contributed by atoms with Crippen molar-refractivity contribution < 1.29 is 0 Å². The average molecular weight is 366 g/mol. The van der Waals surface area contributed by atoms with Crippen LogP contribution in [0.4, 0.5) is 0 Å². The van der Waals surface area contributed by atoms with Crippen molar-refractivity contribution in [2.75, 3.05) is 0 Å². The van der Waals surface area contributed by atoms with Crippen LogP contribution in [0.25, 0.3) is 23.2 Å². The van der Waals surface area contributed by atoms with Gasteiger partial charge >= 0.3 is 0 Å². The van der Waals surface area contributed by atoms with Crippen LogP contribution < -0.4 is 10.1 Å². The lowest BCUT2D eigenvalue weighted by Crippen LogP contribution is -2.23. The Morgan fingerprint density at radius 2 is 1.72 bits per heavy atom. The van der Waals surface area contributed by atoms with Crippen molar-refractivity contribution in [3.8, 4) is 0 Å². The Labute approximate surface area is 152 Å². The van der Waals surface area contributed by atoms with Crippen LogP contribution in [0.5, 0.6) is 0 Å². The third-order valence-electron chi connectivity index (χ3n) is 3.59. The van der Waals surface area contributed by atoms with Gasteiger partial charge in [-0.2, -0.15) is 9.50 Å². The Balaban J connectivity index is 1.68. The largest absolute Gasteiger partial charge is 0.291 e. The van der Waals surface area contributed by atoms with Crippen LogP contribution in [-0.2, 0) is 0 Å². The summed E-state index contributed by atoms with van der Waals surface area (Å²) in [6, 6.07) is 17.2. The Hall–Kier alpha value is -2.76. The normalized spacial score (nSPS) is 12.4. The van der Waals surface area contributed by atoms with Crippen molar-refractivity contribution in [3.05, 3.63) is 91.5 Å². The maximum Gasteiger partial charge on any atom is 0.291 e. The summed E-state index contributed by atoms with van der Waals surface area (Å²) >= 11 is 7.20. The molecule has 2 heterocycles. The molecule has 2 aromatic heterocycles. The Kier molecular flexibility index (Phi) is 4.17. The summed E-state index contributed by atoms with van der Waals surface area (Å²) in [6.07, 6.45) is 5.54. The van der Waals surface area contributed by atoms with E-state index >= 15 is 0 Å². The van der Waals surface area contributed by atoms with Crippen molar-refractivity contribution in [1.82, 2.24) is 14.6 Å². The third kappa shape index (κ3) is 3.38. The monoisotopic (exact) mass is 365 g/mol. The minimum atomic E-state index is -0.165. The van der Waals surface area contributed by atoms with Crippen LogP contribution in [0.3, 0.4) is 0 Å². The zero-order valence-corrected chi connectivity index (χ0v) is 14.5. The molecule has 0 aliphatic heterocycles. The summed E-state index contributed by atoms with van der Waals surface area (Å²) in [5.41, 5.74) is 1.80. The number of rotatable bonds is 3. The number of aromatic nitrogens is 3. The molecule has 0 saturated carbocycles. The second-order valence-corrected chi connectivity index (χ2v) is 6.82. The van der Waals surface area contributed by atoms with Crippen molar-refractivity contribution in [1.29, 1.82) is 0 Å². The number of thiazole rings is 1. The van der Waals surface area contributed by atoms with Gasteiger partial charge in [0, 0.05) is 5.02 Å². The van der Waals surface area contributed by atoms with E-state index in [2.05, 4.69) is 10.1 Å². The highest BCUT2D eigenvalue weighted by Crippen LogP contribution is 2.11. The van der Waals surface area contributed by atoms with Gasteiger partial charge in [0.25, 0.3) is 5.56 Å². The summed E-state index contributed by atoms with van der Waals surface area (Å²) in [7, 11) is 0. The quantitative estimate of drug-likeness (QED) is 0.558. The molecule has 0 unspecified atom stereocenters. The topological polar surface area (TPSA) is 47.3 Å². The fourth-order valence-corrected chi connectivity index (χ4v) is 3.41. The van der Waals surface area contributed by atoms with E-state index in [4.69, 9.17) is 11.6 Å². The van der Waals surface area contributed by atoms with E-state index in [-0.39, 0.29) is 5.56 Å². The van der Waals surface area contributed by atoms with Crippen LogP contribution in [0.15, 0.2) is 59.4 Å². The van der Waals surface area contributed by atoms with Gasteiger partial charge in [-0.3, -0.25) is 4.79 Å². The van der Waals surface area contributed by atoms with E-state index in [1.807, 2.05) is 54.6 Å². The minimum Gasteiger partial charge on any atom is -0.266 e. The van der Waals surface area contributed by atoms with Gasteiger partial charge in [-0.15, -0.1) is 5.10 Å². The number of nitrogens with zero attached hydrogens (tertiary/aromatic N) is 3. The van der Waals surface area contributed by atoms with Crippen LogP contribution in [0, 0.1) is 0 Å². The van der Waals surface area contributed by atoms with E-state index in [0.29, 0.717) is 20.3 Å². The number of halogens is 1. The standard InChI is InChI=1S/C19H12ClN3OS/c20-15-9-6-14(7-10-15)12-16-18(24)23-19(25-16)21-17(22-23)11-8-13-4-2-1-3-5-13/h1-12H/b11-8+,16-12-. The van der Waals surface area contributed by atoms with Crippen LogP contribution in [0.1, 0.15) is 17.0 Å². The smallest absolute Gasteiger partial charge is 0.266 e. The van der Waals surface area contributed by atoms with Crippen molar-refractivity contribution in [2.24, 2.45) is 0 Å². The molecule has 122 valence electrons. The minimum absolute atomic E-state index is 0.165. The maximum atomic E-state index is 12.5. The molecule has 0 amide bonds. The zero-order chi connectivity index (χ0) is 17.2. The summed E-state index contributed by atoms with van der Waals surface area (Å²) in [5, 5.41) is 4.94. The van der Waals surface area contributed by atoms with Crippen LogP contribution >= 0.6 is 22.9 Å². The molecular weight excluding hydrogens is 354 g/mol. The SMILES string of the molecule is O=c1/c(=C/c2ccc(Cl)cc2)sc2nc(/C=C/c3ccccc3)nn12. The van der Waals surface area contributed by atoms with E-state index in [1.54, 1.807) is 18.2 Å². The molecule has 0 radical (unpaired) electrons. The highest BCUT2D eigenvalue weighted by molar-refractivity contribution is 7.15. The fourth-order valence-electron chi connectivity index (χ4n) is 2.36. The number of hydrogen-bond donors (Lipinski definition) is 0. The first kappa shape index (κ1) is 15.7. The van der Waals surface area contributed by atoms with Gasteiger partial charge in [-0.25, -0.2) is 0 Å². The number of fused-ring (bicyclic) bond motifs is 1. The highest BCUT2D eigenvalue weighted by Gasteiger charge is 2.08. The molecule has 0 spiro atoms. The van der Waals surface area contributed by atoms with Crippen molar-refractivity contribution >= 4 is 46.1 Å². The highest BCUT2D eigenvalue weighted by atomic mass is 35.5. The Bertz CT molecular complexity index is 1160. The van der Waals surface area contributed by atoms with Crippen LogP contribution in [-0.4, -0.2) is 14.6 Å². The first-order valence-electron chi connectivity index (χ1n) is 7.59. The predicted octanol–water partition coefficient (Wildman–Crippen LogP) is 3.52. The Morgan fingerprint density at radius 3 is 2.44 bits per heavy atom. The summed E-state index contributed by atoms with van der Waals surface area (Å²) in [6.45, 7) is 0. The molecule has 0 N–H and O–H groups in total. The van der Waals surface area contributed by atoms with Crippen molar-refractivity contribution in [3.63, 3.8) is 0 Å². The molecule has 0 fully saturated rings. The summed E-state index contributed by atoms with van der Waals surface area (Å²) in [5.74, 6) is 0.519. The molecule has 0 bridgehead atoms. The Morgan fingerprint density at radius 1 is 0.960 bits per heavy atom. The molecule has 4 rings (SSSR count). The zero-order valence-electron chi connectivity index (χ0n) is 13.0. The predicted molar refractivity (Wildman–Crippen MR) is 103 cm³/mol. The molecule has 0 aliphatic carbocycles. The van der Waals surface area contributed by atoms with E-state index in [1.165, 1.54) is 15.9 Å². The molecule has 6 heteroatoms. The first-order chi connectivity index (χ1) is 12.2. The fraction of sp³-hybridized carbons (Fsp3) is 0. The molecule has 2 aromatic carbocycles. The molecule has 25 heavy (non-hydrogen) atoms. The first-order valence-corrected chi connectivity index (χ1v) is 8.78. The van der Waals surface area contributed by atoms with E-state index in [9.17, 15) is 4.79 Å². The molecule has 4 aromatic rings. The molecule has 0 saturated heterocycles. The third-order valence-corrected chi connectivity index (χ3v) is 4.80. The van der Waals surface area contributed by atoms with E-state index < -0.39 is 0 Å². The average Bonchev–Trinajstić information content (AvgIpc) is 3.15. The van der Waals surface area contributed by atoms with E-state index in [0.717, 1.165) is 11.1 Å². The van der Waals surface area contributed by atoms with Gasteiger partial charge < -0.3 is 0 Å². The second-order valence-electron chi connectivity index (χ2n) is 5.38. The van der Waals surface area contributed by atoms with Gasteiger partial charge in [0.1, 0.15) is 0 Å². The molecular formula is C19H12ClN3OS. The molecule has 0 atom stereocenters. The number of benzene rings is 2. The van der Waals surface area contributed by atoms with Crippen LogP contribution in [0.2, 0.25) is 5.02 Å². The summed E-state index contributed by atoms with van der Waals surface area (Å²) < 4.78 is 1.94. The lowest BCUT2D eigenvalue weighted by molar-refractivity contribution is 0.925. The van der Waals surface area contributed by atoms with Gasteiger partial charge in [0.2, 0.25) is 4.96 Å². The molecule has 4 nitrogen and oxygen atoms in total. The lowest BCUT2D eigenvalue weighted by atomic mass is 10.2.